The highest BCUT2D eigenvalue weighted by Crippen LogP contribution is 1.97. The number of amides is 1. The molecule has 1 amide bonds. The van der Waals surface area contributed by atoms with Crippen LogP contribution in [0.2, 0.25) is 0 Å². The third kappa shape index (κ3) is 8.68. The van der Waals surface area contributed by atoms with Crippen LogP contribution >= 0.6 is 0 Å². The Kier molecular flexibility index (Phi) is 8.40. The van der Waals surface area contributed by atoms with E-state index in [0.717, 1.165) is 12.8 Å². The monoisotopic (exact) mass is 244 g/mol. The first-order valence-electron chi connectivity index (χ1n) is 6.20. The first-order valence-corrected chi connectivity index (χ1v) is 6.20. The molecular formula is C12H24N2O3. The van der Waals surface area contributed by atoms with Crippen LogP contribution in [-0.4, -0.2) is 36.1 Å². The number of hydrogen-bond donors (Lipinski definition) is 3. The van der Waals surface area contributed by atoms with Gasteiger partial charge >= 0.3 is 5.97 Å². The Morgan fingerprint density at radius 2 is 1.88 bits per heavy atom. The van der Waals surface area contributed by atoms with E-state index in [1.54, 1.807) is 0 Å². The average Bonchev–Trinajstić information content (AvgIpc) is 2.23. The van der Waals surface area contributed by atoms with Gasteiger partial charge in [-0.3, -0.25) is 14.9 Å². The van der Waals surface area contributed by atoms with E-state index in [1.807, 2.05) is 6.92 Å². The predicted octanol–water partition coefficient (Wildman–Crippen LogP) is 0.992. The van der Waals surface area contributed by atoms with Gasteiger partial charge < -0.3 is 10.4 Å². The molecule has 0 aliphatic rings. The van der Waals surface area contributed by atoms with Crippen molar-refractivity contribution in [2.45, 2.75) is 46.1 Å². The van der Waals surface area contributed by atoms with Gasteiger partial charge in [0.05, 0.1) is 6.54 Å². The standard InChI is InChI=1S/C12H24N2O3/c1-4-5-10(12(16)17)14-8-11(15)13-7-6-9(2)3/h9-10,14H,4-8H2,1-3H3,(H,13,15)(H,16,17). The van der Waals surface area contributed by atoms with Crippen LogP contribution in [0, 0.1) is 5.92 Å². The van der Waals surface area contributed by atoms with Crippen LogP contribution in [0.1, 0.15) is 40.0 Å². The van der Waals surface area contributed by atoms with Gasteiger partial charge in [-0.1, -0.05) is 27.2 Å². The fourth-order valence-corrected chi connectivity index (χ4v) is 1.38. The smallest absolute Gasteiger partial charge is 0.320 e. The zero-order chi connectivity index (χ0) is 13.3. The summed E-state index contributed by atoms with van der Waals surface area (Å²) in [5, 5.41) is 14.4. The molecule has 0 spiro atoms. The second-order valence-corrected chi connectivity index (χ2v) is 4.59. The molecule has 5 nitrogen and oxygen atoms in total. The summed E-state index contributed by atoms with van der Waals surface area (Å²) in [5.41, 5.74) is 0. The number of carbonyl (C=O) groups excluding carboxylic acids is 1. The lowest BCUT2D eigenvalue weighted by molar-refractivity contribution is -0.139. The van der Waals surface area contributed by atoms with E-state index in [4.69, 9.17) is 5.11 Å². The van der Waals surface area contributed by atoms with Gasteiger partial charge in [0.1, 0.15) is 6.04 Å². The van der Waals surface area contributed by atoms with Crippen molar-refractivity contribution in [3.63, 3.8) is 0 Å². The first kappa shape index (κ1) is 15.9. The number of rotatable bonds is 9. The molecule has 0 fully saturated rings. The molecule has 100 valence electrons. The van der Waals surface area contributed by atoms with Gasteiger partial charge in [0.2, 0.25) is 5.91 Å². The number of carboxylic acids is 1. The number of carboxylic acid groups (broad SMARTS) is 1. The number of carbonyl (C=O) groups is 2. The van der Waals surface area contributed by atoms with Crippen LogP contribution in [0.25, 0.3) is 0 Å². The Morgan fingerprint density at radius 1 is 1.24 bits per heavy atom. The normalized spacial score (nSPS) is 12.5. The van der Waals surface area contributed by atoms with Gasteiger partial charge in [0, 0.05) is 6.54 Å². The molecular weight excluding hydrogens is 220 g/mol. The molecule has 0 heterocycles. The Bertz CT molecular complexity index is 242. The van der Waals surface area contributed by atoms with Crippen molar-refractivity contribution in [3.05, 3.63) is 0 Å². The molecule has 1 atom stereocenters. The van der Waals surface area contributed by atoms with Crippen LogP contribution in [-0.2, 0) is 9.59 Å². The molecule has 0 aromatic carbocycles. The Balaban J connectivity index is 3.76. The van der Waals surface area contributed by atoms with Gasteiger partial charge in [-0.15, -0.1) is 0 Å². The molecule has 0 saturated heterocycles. The van der Waals surface area contributed by atoms with Gasteiger partial charge in [-0.05, 0) is 18.8 Å². The maximum Gasteiger partial charge on any atom is 0.320 e. The van der Waals surface area contributed by atoms with Crippen molar-refractivity contribution in [1.82, 2.24) is 10.6 Å². The highest BCUT2D eigenvalue weighted by molar-refractivity contribution is 5.79. The second kappa shape index (κ2) is 8.98. The molecule has 0 aromatic rings. The van der Waals surface area contributed by atoms with Crippen molar-refractivity contribution in [1.29, 1.82) is 0 Å². The lowest BCUT2D eigenvalue weighted by Crippen LogP contribution is -2.43. The van der Waals surface area contributed by atoms with E-state index in [-0.39, 0.29) is 12.5 Å². The van der Waals surface area contributed by atoms with Gasteiger partial charge in [-0.25, -0.2) is 0 Å². The average molecular weight is 244 g/mol. The molecule has 0 saturated carbocycles. The maximum atomic E-state index is 11.4. The third-order valence-corrected chi connectivity index (χ3v) is 2.43. The predicted molar refractivity (Wildman–Crippen MR) is 66.8 cm³/mol. The molecule has 3 N–H and O–H groups in total. The fraction of sp³-hybridized carbons (Fsp3) is 0.833. The van der Waals surface area contributed by atoms with Gasteiger partial charge in [0.25, 0.3) is 0 Å². The molecule has 0 radical (unpaired) electrons. The molecule has 0 aliphatic heterocycles. The summed E-state index contributed by atoms with van der Waals surface area (Å²) in [7, 11) is 0. The summed E-state index contributed by atoms with van der Waals surface area (Å²) >= 11 is 0. The minimum atomic E-state index is -0.901. The summed E-state index contributed by atoms with van der Waals surface area (Å²) in [4.78, 5) is 22.2. The van der Waals surface area contributed by atoms with E-state index < -0.39 is 12.0 Å². The highest BCUT2D eigenvalue weighted by Gasteiger charge is 2.16. The molecule has 0 bridgehead atoms. The van der Waals surface area contributed by atoms with Crippen molar-refractivity contribution in [2.24, 2.45) is 5.92 Å². The minimum absolute atomic E-state index is 0.0645. The lowest BCUT2D eigenvalue weighted by atomic mass is 10.1. The zero-order valence-corrected chi connectivity index (χ0v) is 11.0. The van der Waals surface area contributed by atoms with Crippen molar-refractivity contribution < 1.29 is 14.7 Å². The quantitative estimate of drug-likeness (QED) is 0.565. The fourth-order valence-electron chi connectivity index (χ4n) is 1.38. The van der Waals surface area contributed by atoms with Crippen LogP contribution in [0.5, 0.6) is 0 Å². The molecule has 1 unspecified atom stereocenters. The Labute approximate surface area is 103 Å². The molecule has 0 rings (SSSR count). The Morgan fingerprint density at radius 3 is 2.35 bits per heavy atom. The summed E-state index contributed by atoms with van der Waals surface area (Å²) < 4.78 is 0. The van der Waals surface area contributed by atoms with Crippen molar-refractivity contribution in [3.8, 4) is 0 Å². The van der Waals surface area contributed by atoms with E-state index in [9.17, 15) is 9.59 Å². The second-order valence-electron chi connectivity index (χ2n) is 4.59. The van der Waals surface area contributed by atoms with E-state index >= 15 is 0 Å². The minimum Gasteiger partial charge on any atom is -0.480 e. The lowest BCUT2D eigenvalue weighted by Gasteiger charge is -2.13. The molecule has 17 heavy (non-hydrogen) atoms. The van der Waals surface area contributed by atoms with Gasteiger partial charge in [-0.2, -0.15) is 0 Å². The summed E-state index contributed by atoms with van der Waals surface area (Å²) in [5.74, 6) is -0.495. The van der Waals surface area contributed by atoms with E-state index in [1.165, 1.54) is 0 Å². The first-order chi connectivity index (χ1) is 7.97. The zero-order valence-electron chi connectivity index (χ0n) is 11.0. The summed E-state index contributed by atoms with van der Waals surface area (Å²) in [6.07, 6.45) is 2.25. The van der Waals surface area contributed by atoms with Crippen molar-refractivity contribution >= 4 is 11.9 Å². The van der Waals surface area contributed by atoms with Crippen LogP contribution in [0.4, 0.5) is 0 Å². The van der Waals surface area contributed by atoms with Crippen molar-refractivity contribution in [2.75, 3.05) is 13.1 Å². The van der Waals surface area contributed by atoms with Crippen LogP contribution in [0.15, 0.2) is 0 Å². The summed E-state index contributed by atoms with van der Waals surface area (Å²) in [6, 6.07) is -0.629. The number of aliphatic carboxylic acids is 1. The topological polar surface area (TPSA) is 78.4 Å². The molecule has 0 aliphatic carbocycles. The third-order valence-electron chi connectivity index (χ3n) is 2.43. The highest BCUT2D eigenvalue weighted by atomic mass is 16.4. The van der Waals surface area contributed by atoms with Crippen LogP contribution in [0.3, 0.4) is 0 Å². The largest absolute Gasteiger partial charge is 0.480 e. The molecule has 5 heteroatoms. The van der Waals surface area contributed by atoms with E-state index in [0.29, 0.717) is 18.9 Å². The van der Waals surface area contributed by atoms with E-state index in [2.05, 4.69) is 24.5 Å². The van der Waals surface area contributed by atoms with Gasteiger partial charge in [0.15, 0.2) is 0 Å². The number of hydrogen-bond acceptors (Lipinski definition) is 3. The Hall–Kier alpha value is -1.10. The SMILES string of the molecule is CCCC(NCC(=O)NCCC(C)C)C(=O)O. The summed E-state index contributed by atoms with van der Waals surface area (Å²) in [6.45, 7) is 6.80. The molecule has 0 aromatic heterocycles. The maximum absolute atomic E-state index is 11.4. The van der Waals surface area contributed by atoms with Crippen LogP contribution < -0.4 is 10.6 Å². The number of nitrogens with one attached hydrogen (secondary N) is 2.